The minimum absolute atomic E-state index is 0.272. The van der Waals surface area contributed by atoms with E-state index in [1.165, 1.54) is 5.56 Å². The minimum atomic E-state index is 0.272. The first-order valence-corrected chi connectivity index (χ1v) is 7.66. The molecule has 2 heterocycles. The Morgan fingerprint density at radius 1 is 1.20 bits per heavy atom. The van der Waals surface area contributed by atoms with Crippen molar-refractivity contribution in [2.24, 2.45) is 0 Å². The maximum atomic E-state index is 4.47. The Labute approximate surface area is 129 Å². The van der Waals surface area contributed by atoms with Gasteiger partial charge < -0.3 is 5.32 Å². The van der Waals surface area contributed by atoms with Crippen LogP contribution < -0.4 is 5.32 Å². The van der Waals surface area contributed by atoms with Crippen LogP contribution in [0.25, 0.3) is 0 Å². The summed E-state index contributed by atoms with van der Waals surface area (Å²) >= 11 is 3.42. The topological polar surface area (TPSA) is 37.8 Å². The van der Waals surface area contributed by atoms with Gasteiger partial charge in [-0.3, -0.25) is 9.97 Å². The van der Waals surface area contributed by atoms with Crippen molar-refractivity contribution in [3.05, 3.63) is 57.6 Å². The van der Waals surface area contributed by atoms with Crippen LogP contribution in [0.15, 0.2) is 34.9 Å². The fraction of sp³-hybridized carbons (Fsp3) is 0.375. The molecule has 1 N–H and O–H groups in total. The van der Waals surface area contributed by atoms with E-state index in [0.717, 1.165) is 34.5 Å². The first-order chi connectivity index (χ1) is 9.58. The molecule has 2 aromatic heterocycles. The standard InChI is InChI=1S/C16H20BrN3/c1-4-18-16(9-15-6-5-14(17)10-19-15)13-7-11(2)20-12(3)8-13/h5-8,10,16,18H,4,9H2,1-3H3. The molecular weight excluding hydrogens is 314 g/mol. The van der Waals surface area contributed by atoms with Crippen molar-refractivity contribution < 1.29 is 0 Å². The van der Waals surface area contributed by atoms with Crippen LogP contribution in [0.3, 0.4) is 0 Å². The summed E-state index contributed by atoms with van der Waals surface area (Å²) in [5, 5.41) is 3.54. The zero-order chi connectivity index (χ0) is 14.5. The molecule has 20 heavy (non-hydrogen) atoms. The highest BCUT2D eigenvalue weighted by molar-refractivity contribution is 9.10. The quantitative estimate of drug-likeness (QED) is 0.905. The van der Waals surface area contributed by atoms with Gasteiger partial charge in [0, 0.05) is 40.2 Å². The van der Waals surface area contributed by atoms with Crippen LogP contribution in [0.5, 0.6) is 0 Å². The lowest BCUT2D eigenvalue weighted by Crippen LogP contribution is -2.23. The van der Waals surface area contributed by atoms with E-state index >= 15 is 0 Å². The Hall–Kier alpha value is -1.26. The monoisotopic (exact) mass is 333 g/mol. The van der Waals surface area contributed by atoms with Crippen molar-refractivity contribution in [2.45, 2.75) is 33.2 Å². The minimum Gasteiger partial charge on any atom is -0.310 e. The zero-order valence-electron chi connectivity index (χ0n) is 12.2. The Kier molecular flexibility index (Phi) is 5.26. The molecule has 3 nitrogen and oxygen atoms in total. The van der Waals surface area contributed by atoms with E-state index < -0.39 is 0 Å². The van der Waals surface area contributed by atoms with E-state index in [1.807, 2.05) is 26.1 Å². The maximum Gasteiger partial charge on any atom is 0.0423 e. The van der Waals surface area contributed by atoms with E-state index in [9.17, 15) is 0 Å². The van der Waals surface area contributed by atoms with Crippen LogP contribution >= 0.6 is 15.9 Å². The van der Waals surface area contributed by atoms with Crippen molar-refractivity contribution in [3.8, 4) is 0 Å². The lowest BCUT2D eigenvalue weighted by molar-refractivity contribution is 0.542. The maximum absolute atomic E-state index is 4.47. The predicted molar refractivity (Wildman–Crippen MR) is 85.8 cm³/mol. The number of likely N-dealkylation sites (N-methyl/N-ethyl adjacent to an activating group) is 1. The molecule has 4 heteroatoms. The van der Waals surface area contributed by atoms with Gasteiger partial charge in [-0.25, -0.2) is 0 Å². The van der Waals surface area contributed by atoms with Gasteiger partial charge in [0.2, 0.25) is 0 Å². The second kappa shape index (κ2) is 6.95. The van der Waals surface area contributed by atoms with E-state index in [0.29, 0.717) is 0 Å². The average Bonchev–Trinajstić information content (AvgIpc) is 2.39. The normalized spacial score (nSPS) is 12.4. The van der Waals surface area contributed by atoms with E-state index in [1.54, 1.807) is 0 Å². The van der Waals surface area contributed by atoms with Gasteiger partial charge in [-0.2, -0.15) is 0 Å². The summed E-state index contributed by atoms with van der Waals surface area (Å²) in [4.78, 5) is 8.91. The van der Waals surface area contributed by atoms with E-state index in [2.05, 4.69) is 56.3 Å². The third-order valence-corrected chi connectivity index (χ3v) is 3.63. The Balaban J connectivity index is 2.23. The summed E-state index contributed by atoms with van der Waals surface area (Å²) in [7, 11) is 0. The number of hydrogen-bond acceptors (Lipinski definition) is 3. The molecular formula is C16H20BrN3. The Morgan fingerprint density at radius 3 is 2.45 bits per heavy atom. The Bertz CT molecular complexity index is 546. The molecule has 0 aliphatic rings. The summed E-state index contributed by atoms with van der Waals surface area (Å²) in [5.74, 6) is 0. The lowest BCUT2D eigenvalue weighted by atomic mass is 10.0. The predicted octanol–water partition coefficient (Wildman–Crippen LogP) is 3.75. The SMILES string of the molecule is CCNC(Cc1ccc(Br)cn1)c1cc(C)nc(C)c1. The van der Waals surface area contributed by atoms with Crippen molar-refractivity contribution in [1.29, 1.82) is 0 Å². The molecule has 0 fully saturated rings. The molecule has 0 amide bonds. The van der Waals surface area contributed by atoms with Gasteiger partial charge in [0.1, 0.15) is 0 Å². The summed E-state index contributed by atoms with van der Waals surface area (Å²) in [6.45, 7) is 7.14. The van der Waals surface area contributed by atoms with E-state index in [-0.39, 0.29) is 6.04 Å². The van der Waals surface area contributed by atoms with Crippen LogP contribution in [0.1, 0.15) is 35.6 Å². The molecule has 0 saturated heterocycles. The smallest absolute Gasteiger partial charge is 0.0423 e. The molecule has 2 aromatic rings. The van der Waals surface area contributed by atoms with Crippen LogP contribution in [0, 0.1) is 13.8 Å². The molecule has 0 aliphatic carbocycles. The van der Waals surface area contributed by atoms with Gasteiger partial charge in [-0.05, 0) is 66.2 Å². The van der Waals surface area contributed by atoms with Crippen LogP contribution in [0.2, 0.25) is 0 Å². The van der Waals surface area contributed by atoms with Gasteiger partial charge >= 0.3 is 0 Å². The zero-order valence-corrected chi connectivity index (χ0v) is 13.7. The number of hydrogen-bond donors (Lipinski definition) is 1. The van der Waals surface area contributed by atoms with Gasteiger partial charge in [0.05, 0.1) is 0 Å². The van der Waals surface area contributed by atoms with E-state index in [4.69, 9.17) is 0 Å². The second-order valence-corrected chi connectivity index (χ2v) is 5.88. The summed E-state index contributed by atoms with van der Waals surface area (Å²) < 4.78 is 1.01. The summed E-state index contributed by atoms with van der Waals surface area (Å²) in [6, 6.07) is 8.68. The van der Waals surface area contributed by atoms with Gasteiger partial charge in [-0.15, -0.1) is 0 Å². The first-order valence-electron chi connectivity index (χ1n) is 6.87. The third-order valence-electron chi connectivity index (χ3n) is 3.16. The molecule has 106 valence electrons. The second-order valence-electron chi connectivity index (χ2n) is 4.97. The number of pyridine rings is 2. The molecule has 0 saturated carbocycles. The number of aromatic nitrogens is 2. The number of nitrogens with one attached hydrogen (secondary N) is 1. The number of rotatable bonds is 5. The van der Waals surface area contributed by atoms with Gasteiger partial charge in [0.15, 0.2) is 0 Å². The number of halogens is 1. The molecule has 0 aromatic carbocycles. The fourth-order valence-electron chi connectivity index (χ4n) is 2.36. The molecule has 0 radical (unpaired) electrons. The highest BCUT2D eigenvalue weighted by Crippen LogP contribution is 2.20. The van der Waals surface area contributed by atoms with Crippen LogP contribution in [0.4, 0.5) is 0 Å². The highest BCUT2D eigenvalue weighted by Gasteiger charge is 2.13. The summed E-state index contributed by atoms with van der Waals surface area (Å²) in [5.41, 5.74) is 4.49. The van der Waals surface area contributed by atoms with Crippen molar-refractivity contribution in [3.63, 3.8) is 0 Å². The molecule has 0 spiro atoms. The van der Waals surface area contributed by atoms with Crippen molar-refractivity contribution in [1.82, 2.24) is 15.3 Å². The van der Waals surface area contributed by atoms with Gasteiger partial charge in [-0.1, -0.05) is 6.92 Å². The highest BCUT2D eigenvalue weighted by atomic mass is 79.9. The van der Waals surface area contributed by atoms with Crippen molar-refractivity contribution in [2.75, 3.05) is 6.54 Å². The molecule has 0 aliphatic heterocycles. The van der Waals surface area contributed by atoms with Crippen LogP contribution in [-0.4, -0.2) is 16.5 Å². The molecule has 0 bridgehead atoms. The lowest BCUT2D eigenvalue weighted by Gasteiger charge is -2.19. The number of nitrogens with zero attached hydrogens (tertiary/aromatic N) is 2. The van der Waals surface area contributed by atoms with Gasteiger partial charge in [0.25, 0.3) is 0 Å². The average molecular weight is 334 g/mol. The Morgan fingerprint density at radius 2 is 1.90 bits per heavy atom. The molecule has 2 rings (SSSR count). The summed E-state index contributed by atoms with van der Waals surface area (Å²) in [6.07, 6.45) is 2.73. The number of aryl methyl sites for hydroxylation is 2. The van der Waals surface area contributed by atoms with Crippen molar-refractivity contribution >= 4 is 15.9 Å². The largest absolute Gasteiger partial charge is 0.310 e. The molecule has 1 atom stereocenters. The van der Waals surface area contributed by atoms with Crippen LogP contribution in [-0.2, 0) is 6.42 Å². The first kappa shape index (κ1) is 15.1. The molecule has 1 unspecified atom stereocenters. The third kappa shape index (κ3) is 4.12. The fourth-order valence-corrected chi connectivity index (χ4v) is 2.59.